The van der Waals surface area contributed by atoms with Gasteiger partial charge in [0.25, 0.3) is 0 Å². The minimum atomic E-state index is -0.164. The lowest BCUT2D eigenvalue weighted by atomic mass is 10.0. The van der Waals surface area contributed by atoms with E-state index in [4.69, 9.17) is 18.9 Å². The van der Waals surface area contributed by atoms with Crippen LogP contribution in [-0.2, 0) is 9.47 Å². The minimum Gasteiger partial charge on any atom is -0.482 e. The molecule has 0 saturated carbocycles. The van der Waals surface area contributed by atoms with Crippen molar-refractivity contribution in [1.82, 2.24) is 0 Å². The third-order valence-corrected chi connectivity index (χ3v) is 18.4. The SMILES string of the molecule is CCCCCCCCCCCCC(CCCCCCCCCCCC)OCC1CC(COC(CCCCCCCCCCCC)CCCCCCCCCCCC)Oc2c(-c3ccc(N=NC)cc3)sc(-c3ccc(C)cc3)c2O1. The van der Waals surface area contributed by atoms with Crippen molar-refractivity contribution in [3.8, 4) is 32.4 Å². The van der Waals surface area contributed by atoms with E-state index in [0.29, 0.717) is 13.2 Å². The number of rotatable bonds is 53. The topological polar surface area (TPSA) is 61.6 Å². The maximum absolute atomic E-state index is 7.38. The second-order valence-electron chi connectivity index (χ2n) is 24.6. The van der Waals surface area contributed by atoms with Crippen molar-refractivity contribution in [2.45, 2.75) is 348 Å². The van der Waals surface area contributed by atoms with Crippen molar-refractivity contribution in [2.75, 3.05) is 20.3 Å². The molecule has 6 nitrogen and oxygen atoms in total. The van der Waals surface area contributed by atoms with Crippen LogP contribution in [0.4, 0.5) is 5.69 Å². The number of nitrogens with zero attached hydrogens (tertiary/aromatic N) is 2. The normalized spacial score (nSPS) is 14.6. The monoisotopic (exact) mass is 1120 g/mol. The van der Waals surface area contributed by atoms with Gasteiger partial charge in [0.1, 0.15) is 12.2 Å². The molecule has 0 spiro atoms. The van der Waals surface area contributed by atoms with Crippen LogP contribution in [0.25, 0.3) is 20.9 Å². The molecule has 456 valence electrons. The van der Waals surface area contributed by atoms with E-state index >= 15 is 0 Å². The van der Waals surface area contributed by atoms with Crippen molar-refractivity contribution in [3.63, 3.8) is 0 Å². The van der Waals surface area contributed by atoms with Crippen molar-refractivity contribution in [2.24, 2.45) is 10.2 Å². The molecule has 7 heteroatoms. The Labute approximate surface area is 498 Å². The molecule has 0 aliphatic carbocycles. The summed E-state index contributed by atoms with van der Waals surface area (Å²) in [7, 11) is 1.73. The first-order valence-electron chi connectivity index (χ1n) is 34.7. The molecule has 2 atom stereocenters. The third kappa shape index (κ3) is 31.8. The molecule has 1 aliphatic heterocycles. The van der Waals surface area contributed by atoms with Crippen LogP contribution in [0, 0.1) is 6.92 Å². The van der Waals surface area contributed by atoms with Gasteiger partial charge in [-0.1, -0.05) is 326 Å². The maximum atomic E-state index is 7.38. The summed E-state index contributed by atoms with van der Waals surface area (Å²) in [6.45, 7) is 12.5. The Morgan fingerprint density at radius 1 is 0.400 bits per heavy atom. The zero-order chi connectivity index (χ0) is 56.8. The van der Waals surface area contributed by atoms with Gasteiger partial charge < -0.3 is 18.9 Å². The molecule has 2 aromatic carbocycles. The number of benzene rings is 2. The lowest BCUT2D eigenvalue weighted by Crippen LogP contribution is -2.34. The molecular formula is C73H124N2O4S. The fourth-order valence-corrected chi connectivity index (χ4v) is 13.1. The van der Waals surface area contributed by atoms with E-state index in [2.05, 4.69) is 93.4 Å². The molecule has 1 aliphatic rings. The summed E-state index contributed by atoms with van der Waals surface area (Å²) in [5.41, 5.74) is 4.36. The molecule has 0 saturated heterocycles. The van der Waals surface area contributed by atoms with Crippen LogP contribution in [0.2, 0.25) is 0 Å². The van der Waals surface area contributed by atoms with Crippen LogP contribution >= 0.6 is 11.3 Å². The quantitative estimate of drug-likeness (QED) is 0.0417. The van der Waals surface area contributed by atoms with Crippen LogP contribution < -0.4 is 9.47 Å². The number of azo groups is 1. The molecule has 1 aromatic heterocycles. The highest BCUT2D eigenvalue weighted by atomic mass is 32.1. The van der Waals surface area contributed by atoms with Crippen molar-refractivity contribution < 1.29 is 18.9 Å². The fraction of sp³-hybridized carbons (Fsp3) is 0.781. The number of hydrogen-bond donors (Lipinski definition) is 0. The number of unbranched alkanes of at least 4 members (excludes halogenated alkanes) is 36. The lowest BCUT2D eigenvalue weighted by molar-refractivity contribution is -0.0365. The standard InChI is InChI=1S/C73H124N2O4S/c1-7-11-15-19-23-27-31-35-39-43-47-66(48-44-40-36-32-28-24-20-16-12-8-2)76-60-68-59-69(61-77-67(49-45-41-37-33-29-25-21-17-13-9-3)50-46-42-38-34-30-26-22-18-14-10-4)79-71-70(78-68)72(63-53-51-62(5)52-54-63)80-73(71)64-55-57-65(58-56-64)75-74-6/h51-58,66-69H,7-50,59-61H2,1-6H3. The highest BCUT2D eigenvalue weighted by Crippen LogP contribution is 2.54. The van der Waals surface area contributed by atoms with Gasteiger partial charge in [-0.3, -0.25) is 0 Å². The van der Waals surface area contributed by atoms with Crippen molar-refractivity contribution >= 4 is 17.0 Å². The van der Waals surface area contributed by atoms with Gasteiger partial charge in [0.15, 0.2) is 11.5 Å². The molecule has 2 unspecified atom stereocenters. The summed E-state index contributed by atoms with van der Waals surface area (Å²) in [4.78, 5) is 2.21. The van der Waals surface area contributed by atoms with Gasteiger partial charge in [-0.15, -0.1) is 11.3 Å². The largest absolute Gasteiger partial charge is 0.482 e. The molecule has 4 rings (SSSR count). The zero-order valence-electron chi connectivity index (χ0n) is 53.1. The highest BCUT2D eigenvalue weighted by molar-refractivity contribution is 7.19. The van der Waals surface area contributed by atoms with Gasteiger partial charge in [0.2, 0.25) is 0 Å². The van der Waals surface area contributed by atoms with Crippen LogP contribution in [0.3, 0.4) is 0 Å². The average molecular weight is 1130 g/mol. The van der Waals surface area contributed by atoms with Gasteiger partial charge in [-0.25, -0.2) is 0 Å². The molecule has 0 radical (unpaired) electrons. The first kappa shape index (κ1) is 69.8. The molecule has 0 N–H and O–H groups in total. The van der Waals surface area contributed by atoms with Crippen LogP contribution in [0.15, 0.2) is 58.8 Å². The van der Waals surface area contributed by atoms with Crippen molar-refractivity contribution in [3.05, 3.63) is 54.1 Å². The molecule has 0 bridgehead atoms. The number of hydrogen-bond acceptors (Lipinski definition) is 7. The number of fused-ring (bicyclic) bond motifs is 1. The van der Waals surface area contributed by atoms with E-state index in [-0.39, 0.29) is 24.4 Å². The van der Waals surface area contributed by atoms with Gasteiger partial charge >= 0.3 is 0 Å². The summed E-state index contributed by atoms with van der Waals surface area (Å²) in [5, 5.41) is 8.40. The lowest BCUT2D eigenvalue weighted by Gasteiger charge is -2.25. The van der Waals surface area contributed by atoms with E-state index in [9.17, 15) is 0 Å². The van der Waals surface area contributed by atoms with Crippen LogP contribution in [-0.4, -0.2) is 44.7 Å². The van der Waals surface area contributed by atoms with E-state index in [1.165, 1.54) is 262 Å². The Hall–Kier alpha value is -2.74. The predicted octanol–water partition coefficient (Wildman–Crippen LogP) is 25.0. The summed E-state index contributed by atoms with van der Waals surface area (Å²) in [5.74, 6) is 1.70. The zero-order valence-corrected chi connectivity index (χ0v) is 53.9. The smallest absolute Gasteiger partial charge is 0.181 e. The van der Waals surface area contributed by atoms with Crippen LogP contribution in [0.1, 0.15) is 322 Å². The molecule has 80 heavy (non-hydrogen) atoms. The minimum absolute atomic E-state index is 0.158. The Morgan fingerprint density at radius 2 is 0.675 bits per heavy atom. The Balaban J connectivity index is 1.54. The summed E-state index contributed by atoms with van der Waals surface area (Å²) < 4.78 is 29.1. The molecule has 3 aromatic rings. The molecule has 2 heterocycles. The first-order chi connectivity index (χ1) is 39.5. The maximum Gasteiger partial charge on any atom is 0.181 e. The van der Waals surface area contributed by atoms with E-state index < -0.39 is 0 Å². The molecule has 0 fully saturated rings. The van der Waals surface area contributed by atoms with Gasteiger partial charge in [-0.05, 0) is 55.9 Å². The fourth-order valence-electron chi connectivity index (χ4n) is 12.0. The average Bonchev–Trinajstić information content (AvgIpc) is 3.78. The highest BCUT2D eigenvalue weighted by Gasteiger charge is 2.34. The van der Waals surface area contributed by atoms with E-state index in [1.807, 2.05) is 0 Å². The van der Waals surface area contributed by atoms with E-state index in [1.54, 1.807) is 18.4 Å². The number of thiophene rings is 1. The van der Waals surface area contributed by atoms with Crippen LogP contribution in [0.5, 0.6) is 11.5 Å². The Bertz CT molecular complexity index is 1850. The number of ether oxygens (including phenoxy) is 4. The second-order valence-corrected chi connectivity index (χ2v) is 25.7. The molecular weight excluding hydrogens is 1000 g/mol. The summed E-state index contributed by atoms with van der Waals surface area (Å²) in [6, 6.07) is 17.4. The second kappa shape index (κ2) is 47.6. The van der Waals surface area contributed by atoms with Gasteiger partial charge in [0, 0.05) is 13.5 Å². The van der Waals surface area contributed by atoms with Gasteiger partial charge in [0.05, 0.1) is 40.9 Å². The summed E-state index contributed by atoms with van der Waals surface area (Å²) in [6.07, 6.45) is 59.8. The first-order valence-corrected chi connectivity index (χ1v) is 35.5. The Morgan fingerprint density at radius 3 is 0.963 bits per heavy atom. The Kier molecular flexibility index (Phi) is 41.5. The number of aryl methyl sites for hydroxylation is 1. The van der Waals surface area contributed by atoms with Crippen molar-refractivity contribution in [1.29, 1.82) is 0 Å². The third-order valence-electron chi connectivity index (χ3n) is 17.1. The molecule has 0 amide bonds. The summed E-state index contributed by atoms with van der Waals surface area (Å²) >= 11 is 1.78. The van der Waals surface area contributed by atoms with Gasteiger partial charge in [-0.2, -0.15) is 10.2 Å². The predicted molar refractivity (Wildman–Crippen MR) is 349 cm³/mol. The van der Waals surface area contributed by atoms with E-state index in [0.717, 1.165) is 70.2 Å².